The van der Waals surface area contributed by atoms with Gasteiger partial charge in [0.05, 0.1) is 5.69 Å². The maximum atomic E-state index is 12.1. The zero-order valence-corrected chi connectivity index (χ0v) is 15.6. The molecule has 138 valence electrons. The van der Waals surface area contributed by atoms with Crippen molar-refractivity contribution in [2.24, 2.45) is 0 Å². The quantitative estimate of drug-likeness (QED) is 0.895. The zero-order valence-electron chi connectivity index (χ0n) is 15.6. The molecule has 5 nitrogen and oxygen atoms in total. The van der Waals surface area contributed by atoms with E-state index in [0.29, 0.717) is 0 Å². The third kappa shape index (κ3) is 4.48. The lowest BCUT2D eigenvalue weighted by atomic mass is 9.97. The Morgan fingerprint density at radius 1 is 1.15 bits per heavy atom. The Labute approximate surface area is 155 Å². The topological polar surface area (TPSA) is 56.7 Å². The lowest BCUT2D eigenvalue weighted by Crippen LogP contribution is -2.37. The number of aromatic nitrogens is 1. The fraction of sp³-hybridized carbons (Fsp3) is 0.429. The van der Waals surface area contributed by atoms with Gasteiger partial charge in [-0.2, -0.15) is 0 Å². The molecule has 1 atom stereocenters. The Bertz CT molecular complexity index is 748. The molecular formula is C21H27N3O2. The molecule has 0 amide bonds. The summed E-state index contributed by atoms with van der Waals surface area (Å²) in [4.78, 5) is 21.0. The standard InChI is InChI=1S/C21H27N3O2/c1-16-7-8-17(2)19(14-16)20(21(25)26)24-11-5-10-23(12-13-24)15-18-6-3-4-9-22-18/h3-4,6-9,14,20H,5,10-13,15H2,1-2H3,(H,25,26)/t20-/m0/s1. The van der Waals surface area contributed by atoms with E-state index in [1.54, 1.807) is 0 Å². The lowest BCUT2D eigenvalue weighted by molar-refractivity contribution is -0.143. The number of carboxylic acids is 1. The average molecular weight is 353 g/mol. The average Bonchev–Trinajstić information content (AvgIpc) is 2.84. The second kappa shape index (κ2) is 8.43. The molecule has 2 heterocycles. The summed E-state index contributed by atoms with van der Waals surface area (Å²) >= 11 is 0. The highest BCUT2D eigenvalue weighted by Crippen LogP contribution is 2.26. The molecule has 0 bridgehead atoms. The predicted molar refractivity (Wildman–Crippen MR) is 102 cm³/mol. The largest absolute Gasteiger partial charge is 0.480 e. The maximum Gasteiger partial charge on any atom is 0.325 e. The van der Waals surface area contributed by atoms with Crippen LogP contribution in [0, 0.1) is 13.8 Å². The Hall–Kier alpha value is -2.24. The molecular weight excluding hydrogens is 326 g/mol. The van der Waals surface area contributed by atoms with E-state index in [9.17, 15) is 9.90 Å². The maximum absolute atomic E-state index is 12.1. The summed E-state index contributed by atoms with van der Waals surface area (Å²) < 4.78 is 0. The molecule has 0 saturated carbocycles. The molecule has 1 saturated heterocycles. The molecule has 5 heteroatoms. The Morgan fingerprint density at radius 3 is 2.73 bits per heavy atom. The van der Waals surface area contributed by atoms with Gasteiger partial charge < -0.3 is 5.11 Å². The van der Waals surface area contributed by atoms with Crippen molar-refractivity contribution in [1.29, 1.82) is 0 Å². The normalized spacial score (nSPS) is 17.6. The first-order chi connectivity index (χ1) is 12.5. The first kappa shape index (κ1) is 18.5. The van der Waals surface area contributed by atoms with Gasteiger partial charge in [0.25, 0.3) is 0 Å². The van der Waals surface area contributed by atoms with Crippen LogP contribution >= 0.6 is 0 Å². The van der Waals surface area contributed by atoms with Crippen LogP contribution in [0.5, 0.6) is 0 Å². The molecule has 0 radical (unpaired) electrons. The summed E-state index contributed by atoms with van der Waals surface area (Å²) in [6.07, 6.45) is 2.78. The molecule has 1 aromatic carbocycles. The molecule has 26 heavy (non-hydrogen) atoms. The minimum absolute atomic E-state index is 0.579. The van der Waals surface area contributed by atoms with Gasteiger partial charge in [0.15, 0.2) is 0 Å². The minimum Gasteiger partial charge on any atom is -0.480 e. The minimum atomic E-state index is -0.767. The van der Waals surface area contributed by atoms with Gasteiger partial charge in [0.1, 0.15) is 6.04 Å². The molecule has 1 aromatic heterocycles. The number of aryl methyl sites for hydroxylation is 2. The fourth-order valence-electron chi connectivity index (χ4n) is 3.67. The van der Waals surface area contributed by atoms with Crippen molar-refractivity contribution >= 4 is 5.97 Å². The van der Waals surface area contributed by atoms with Crippen molar-refractivity contribution in [3.05, 3.63) is 65.0 Å². The number of benzene rings is 1. The first-order valence-electron chi connectivity index (χ1n) is 9.21. The summed E-state index contributed by atoms with van der Waals surface area (Å²) in [7, 11) is 0. The van der Waals surface area contributed by atoms with E-state index in [1.807, 2.05) is 56.4 Å². The van der Waals surface area contributed by atoms with Gasteiger partial charge in [-0.3, -0.25) is 19.6 Å². The number of hydrogen-bond donors (Lipinski definition) is 1. The van der Waals surface area contributed by atoms with Crippen molar-refractivity contribution < 1.29 is 9.90 Å². The molecule has 1 aliphatic rings. The van der Waals surface area contributed by atoms with Crippen LogP contribution in [-0.4, -0.2) is 52.0 Å². The monoisotopic (exact) mass is 353 g/mol. The summed E-state index contributed by atoms with van der Waals surface area (Å²) in [5.74, 6) is -0.767. The van der Waals surface area contributed by atoms with E-state index in [1.165, 1.54) is 0 Å². The second-order valence-electron chi connectivity index (χ2n) is 7.09. The number of aliphatic carboxylic acids is 1. The van der Waals surface area contributed by atoms with Gasteiger partial charge in [-0.1, -0.05) is 29.8 Å². The summed E-state index contributed by atoms with van der Waals surface area (Å²) in [6, 6.07) is 11.5. The Morgan fingerprint density at radius 2 is 2.00 bits per heavy atom. The van der Waals surface area contributed by atoms with Crippen molar-refractivity contribution in [3.63, 3.8) is 0 Å². The van der Waals surface area contributed by atoms with Gasteiger partial charge in [-0.05, 0) is 50.1 Å². The van der Waals surface area contributed by atoms with Gasteiger partial charge in [0, 0.05) is 32.4 Å². The van der Waals surface area contributed by atoms with Crippen LogP contribution in [0.3, 0.4) is 0 Å². The van der Waals surface area contributed by atoms with E-state index in [0.717, 1.165) is 61.5 Å². The molecule has 0 unspecified atom stereocenters. The zero-order chi connectivity index (χ0) is 18.5. The van der Waals surface area contributed by atoms with Crippen molar-refractivity contribution in [2.75, 3.05) is 26.2 Å². The van der Waals surface area contributed by atoms with Gasteiger partial charge >= 0.3 is 5.97 Å². The molecule has 1 fully saturated rings. The highest BCUT2D eigenvalue weighted by Gasteiger charge is 2.30. The summed E-state index contributed by atoms with van der Waals surface area (Å²) in [5.41, 5.74) is 4.11. The molecule has 0 spiro atoms. The van der Waals surface area contributed by atoms with E-state index in [4.69, 9.17) is 0 Å². The summed E-state index contributed by atoms with van der Waals surface area (Å²) in [5, 5.41) is 9.92. The smallest absolute Gasteiger partial charge is 0.325 e. The van der Waals surface area contributed by atoms with E-state index in [-0.39, 0.29) is 0 Å². The van der Waals surface area contributed by atoms with Gasteiger partial charge in [-0.15, -0.1) is 0 Å². The van der Waals surface area contributed by atoms with Crippen LogP contribution in [0.25, 0.3) is 0 Å². The Kier molecular flexibility index (Phi) is 6.01. The van der Waals surface area contributed by atoms with Crippen molar-refractivity contribution in [3.8, 4) is 0 Å². The number of rotatable bonds is 5. The highest BCUT2D eigenvalue weighted by molar-refractivity contribution is 5.76. The van der Waals surface area contributed by atoms with E-state index in [2.05, 4.69) is 14.8 Å². The lowest BCUT2D eigenvalue weighted by Gasteiger charge is -2.29. The number of carboxylic acid groups (broad SMARTS) is 1. The molecule has 1 aliphatic heterocycles. The third-order valence-corrected chi connectivity index (χ3v) is 5.06. The van der Waals surface area contributed by atoms with Crippen LogP contribution in [0.4, 0.5) is 0 Å². The van der Waals surface area contributed by atoms with Gasteiger partial charge in [0.2, 0.25) is 0 Å². The molecule has 2 aromatic rings. The predicted octanol–water partition coefficient (Wildman–Crippen LogP) is 3.03. The number of pyridine rings is 1. The number of hydrogen-bond acceptors (Lipinski definition) is 4. The molecule has 3 rings (SSSR count). The Balaban J connectivity index is 1.73. The van der Waals surface area contributed by atoms with Crippen molar-refractivity contribution in [1.82, 2.24) is 14.8 Å². The van der Waals surface area contributed by atoms with Crippen LogP contribution in [0.1, 0.15) is 34.8 Å². The molecule has 0 aliphatic carbocycles. The van der Waals surface area contributed by atoms with Crippen LogP contribution < -0.4 is 0 Å². The molecule has 1 N–H and O–H groups in total. The number of carbonyl (C=O) groups is 1. The van der Waals surface area contributed by atoms with Crippen molar-refractivity contribution in [2.45, 2.75) is 32.9 Å². The SMILES string of the molecule is Cc1ccc(C)c([C@@H](C(=O)O)N2CCCN(Cc3ccccn3)CC2)c1. The highest BCUT2D eigenvalue weighted by atomic mass is 16.4. The van der Waals surface area contributed by atoms with E-state index < -0.39 is 12.0 Å². The second-order valence-corrected chi connectivity index (χ2v) is 7.09. The first-order valence-corrected chi connectivity index (χ1v) is 9.21. The fourth-order valence-corrected chi connectivity index (χ4v) is 3.67. The van der Waals surface area contributed by atoms with Gasteiger partial charge in [-0.25, -0.2) is 0 Å². The third-order valence-electron chi connectivity index (χ3n) is 5.06. The van der Waals surface area contributed by atoms with Crippen LogP contribution in [0.2, 0.25) is 0 Å². The van der Waals surface area contributed by atoms with Crippen LogP contribution in [0.15, 0.2) is 42.6 Å². The van der Waals surface area contributed by atoms with E-state index >= 15 is 0 Å². The van der Waals surface area contributed by atoms with Crippen LogP contribution in [-0.2, 0) is 11.3 Å². The summed E-state index contributed by atoms with van der Waals surface area (Å²) in [6.45, 7) is 8.18. The number of nitrogens with zero attached hydrogens (tertiary/aromatic N) is 3.